The third-order valence-corrected chi connectivity index (χ3v) is 4.29. The van der Waals surface area contributed by atoms with Gasteiger partial charge in [-0.3, -0.25) is 14.5 Å². The fourth-order valence-corrected chi connectivity index (χ4v) is 2.84. The minimum Gasteiger partial charge on any atom is -0.368 e. The van der Waals surface area contributed by atoms with E-state index in [0.717, 1.165) is 24.9 Å². The van der Waals surface area contributed by atoms with Gasteiger partial charge in [-0.15, -0.1) is 0 Å². The van der Waals surface area contributed by atoms with Crippen molar-refractivity contribution < 1.29 is 9.59 Å². The Bertz CT molecular complexity index is 539. The Labute approximate surface area is 119 Å². The van der Waals surface area contributed by atoms with Crippen molar-refractivity contribution in [2.24, 2.45) is 5.73 Å². The van der Waals surface area contributed by atoms with Crippen molar-refractivity contribution >= 4 is 11.7 Å². The number of Topliss-reactive ketones (excluding diaryl/α,β-unsaturated/α-hetero) is 1. The van der Waals surface area contributed by atoms with E-state index in [0.29, 0.717) is 5.56 Å². The number of benzene rings is 1. The number of carbonyl (C=O) groups excluding carboxylic acids is 2. The summed E-state index contributed by atoms with van der Waals surface area (Å²) in [6.07, 6.45) is 1.66. The molecule has 20 heavy (non-hydrogen) atoms. The summed E-state index contributed by atoms with van der Waals surface area (Å²) in [5.41, 5.74) is 8.40. The molecule has 1 amide bonds. The third kappa shape index (κ3) is 2.75. The maximum absolute atomic E-state index is 12.6. The molecule has 1 aliphatic heterocycles. The van der Waals surface area contributed by atoms with Crippen LogP contribution >= 0.6 is 0 Å². The maximum Gasteiger partial charge on any atom is 0.234 e. The summed E-state index contributed by atoms with van der Waals surface area (Å²) in [4.78, 5) is 25.9. The molecule has 1 fully saturated rings. The van der Waals surface area contributed by atoms with E-state index in [2.05, 4.69) is 0 Å². The first-order chi connectivity index (χ1) is 9.41. The predicted octanol–water partition coefficient (Wildman–Crippen LogP) is 1.82. The number of rotatable bonds is 4. The Morgan fingerprint density at radius 3 is 2.60 bits per heavy atom. The van der Waals surface area contributed by atoms with Gasteiger partial charge in [-0.05, 0) is 57.4 Å². The average Bonchev–Trinajstić information content (AvgIpc) is 2.89. The first-order valence-corrected chi connectivity index (χ1v) is 7.08. The summed E-state index contributed by atoms with van der Waals surface area (Å²) < 4.78 is 0. The molecule has 2 atom stereocenters. The first-order valence-electron chi connectivity index (χ1n) is 7.08. The Hall–Kier alpha value is -1.68. The number of carbonyl (C=O) groups is 2. The molecule has 1 aromatic carbocycles. The topological polar surface area (TPSA) is 63.4 Å². The van der Waals surface area contributed by atoms with Crippen LogP contribution in [0.15, 0.2) is 18.2 Å². The second kappa shape index (κ2) is 5.75. The maximum atomic E-state index is 12.6. The molecule has 0 aliphatic carbocycles. The molecule has 1 aromatic rings. The van der Waals surface area contributed by atoms with Gasteiger partial charge < -0.3 is 5.73 Å². The molecule has 2 N–H and O–H groups in total. The number of ketones is 1. The van der Waals surface area contributed by atoms with Crippen LogP contribution in [0.2, 0.25) is 0 Å². The van der Waals surface area contributed by atoms with E-state index < -0.39 is 0 Å². The minimum absolute atomic E-state index is 0.0567. The number of nitrogens with two attached hydrogens (primary N) is 1. The fraction of sp³-hybridized carbons (Fsp3) is 0.500. The molecular weight excluding hydrogens is 252 g/mol. The molecule has 0 saturated carbocycles. The molecule has 0 aromatic heterocycles. The lowest BCUT2D eigenvalue weighted by Crippen LogP contribution is -2.47. The van der Waals surface area contributed by atoms with Gasteiger partial charge >= 0.3 is 0 Å². The molecule has 0 spiro atoms. The highest BCUT2D eigenvalue weighted by Gasteiger charge is 2.35. The van der Waals surface area contributed by atoms with Gasteiger partial charge in [0.2, 0.25) is 5.91 Å². The number of nitrogens with zero attached hydrogens (tertiary/aromatic N) is 1. The van der Waals surface area contributed by atoms with Gasteiger partial charge in [0, 0.05) is 5.56 Å². The molecular formula is C16H22N2O2. The monoisotopic (exact) mass is 274 g/mol. The summed E-state index contributed by atoms with van der Waals surface area (Å²) in [6.45, 7) is 6.64. The summed E-state index contributed by atoms with van der Waals surface area (Å²) in [6, 6.07) is 5.13. The van der Waals surface area contributed by atoms with E-state index >= 15 is 0 Å². The van der Waals surface area contributed by atoms with Crippen molar-refractivity contribution in [2.45, 2.75) is 45.7 Å². The minimum atomic E-state index is -0.331. The van der Waals surface area contributed by atoms with Crippen molar-refractivity contribution in [1.82, 2.24) is 4.90 Å². The molecule has 1 saturated heterocycles. The smallest absolute Gasteiger partial charge is 0.234 e. The summed E-state index contributed by atoms with van der Waals surface area (Å²) in [7, 11) is 0. The number of hydrogen-bond donors (Lipinski definition) is 1. The number of primary amides is 1. The van der Waals surface area contributed by atoms with Crippen molar-refractivity contribution in [3.63, 3.8) is 0 Å². The number of aryl methyl sites for hydroxylation is 2. The van der Waals surface area contributed by atoms with E-state index in [1.54, 1.807) is 0 Å². The number of likely N-dealkylation sites (tertiary alicyclic amines) is 1. The highest BCUT2D eigenvalue weighted by atomic mass is 16.1. The van der Waals surface area contributed by atoms with Gasteiger partial charge in [-0.25, -0.2) is 0 Å². The van der Waals surface area contributed by atoms with Crippen LogP contribution in [0.5, 0.6) is 0 Å². The lowest BCUT2D eigenvalue weighted by molar-refractivity contribution is -0.122. The second-order valence-corrected chi connectivity index (χ2v) is 5.64. The number of hydrogen-bond acceptors (Lipinski definition) is 3. The summed E-state index contributed by atoms with van der Waals surface area (Å²) in [5, 5.41) is 0. The fourth-order valence-electron chi connectivity index (χ4n) is 2.84. The standard InChI is InChI=1S/C16H22N2O2/c1-10-6-7-13(9-11(10)2)15(19)12(3)18-8-4-5-14(18)16(17)20/h6-7,9,12,14H,4-5,8H2,1-3H3,(H2,17,20). The van der Waals surface area contributed by atoms with Crippen LogP contribution in [0.1, 0.15) is 41.3 Å². The molecule has 4 heteroatoms. The second-order valence-electron chi connectivity index (χ2n) is 5.64. The lowest BCUT2D eigenvalue weighted by Gasteiger charge is -2.27. The normalized spacial score (nSPS) is 20.9. The van der Waals surface area contributed by atoms with Crippen LogP contribution in [-0.4, -0.2) is 35.2 Å². The highest BCUT2D eigenvalue weighted by molar-refractivity contribution is 6.00. The quantitative estimate of drug-likeness (QED) is 0.852. The third-order valence-electron chi connectivity index (χ3n) is 4.29. The zero-order chi connectivity index (χ0) is 14.9. The van der Waals surface area contributed by atoms with Crippen LogP contribution in [-0.2, 0) is 4.79 Å². The van der Waals surface area contributed by atoms with Gasteiger partial charge in [0.1, 0.15) is 0 Å². The van der Waals surface area contributed by atoms with Crippen LogP contribution in [0.4, 0.5) is 0 Å². The average molecular weight is 274 g/mol. The molecule has 2 unspecified atom stereocenters. The zero-order valence-corrected chi connectivity index (χ0v) is 12.3. The lowest BCUT2D eigenvalue weighted by atomic mass is 9.99. The molecule has 1 aliphatic rings. The molecule has 1 heterocycles. The van der Waals surface area contributed by atoms with Crippen molar-refractivity contribution in [1.29, 1.82) is 0 Å². The Kier molecular flexibility index (Phi) is 4.23. The Morgan fingerprint density at radius 2 is 2.00 bits per heavy atom. The summed E-state index contributed by atoms with van der Waals surface area (Å²) in [5.74, 6) is -0.275. The molecule has 2 rings (SSSR count). The van der Waals surface area contributed by atoms with Gasteiger partial charge in [0.15, 0.2) is 5.78 Å². The highest BCUT2D eigenvalue weighted by Crippen LogP contribution is 2.22. The van der Waals surface area contributed by atoms with E-state index in [1.807, 2.05) is 43.9 Å². The summed E-state index contributed by atoms with van der Waals surface area (Å²) >= 11 is 0. The van der Waals surface area contributed by atoms with Gasteiger partial charge in [0.25, 0.3) is 0 Å². The van der Waals surface area contributed by atoms with Gasteiger partial charge in [-0.1, -0.05) is 12.1 Å². The van der Waals surface area contributed by atoms with Crippen LogP contribution in [0, 0.1) is 13.8 Å². The Morgan fingerprint density at radius 1 is 1.30 bits per heavy atom. The molecule has 0 bridgehead atoms. The van der Waals surface area contributed by atoms with E-state index in [9.17, 15) is 9.59 Å². The van der Waals surface area contributed by atoms with E-state index in [-0.39, 0.29) is 23.8 Å². The predicted molar refractivity (Wildman–Crippen MR) is 78.6 cm³/mol. The van der Waals surface area contributed by atoms with Crippen LogP contribution in [0.3, 0.4) is 0 Å². The van der Waals surface area contributed by atoms with Crippen molar-refractivity contribution in [3.05, 3.63) is 34.9 Å². The van der Waals surface area contributed by atoms with Crippen LogP contribution in [0.25, 0.3) is 0 Å². The van der Waals surface area contributed by atoms with Crippen molar-refractivity contribution in [3.8, 4) is 0 Å². The number of amides is 1. The van der Waals surface area contributed by atoms with Crippen molar-refractivity contribution in [2.75, 3.05) is 6.54 Å². The molecule has 108 valence electrons. The largest absolute Gasteiger partial charge is 0.368 e. The van der Waals surface area contributed by atoms with E-state index in [4.69, 9.17) is 5.73 Å². The SMILES string of the molecule is Cc1ccc(C(=O)C(C)N2CCCC2C(N)=O)cc1C. The van der Waals surface area contributed by atoms with E-state index in [1.165, 1.54) is 5.56 Å². The van der Waals surface area contributed by atoms with Gasteiger partial charge in [0.05, 0.1) is 12.1 Å². The van der Waals surface area contributed by atoms with Crippen LogP contribution < -0.4 is 5.73 Å². The Balaban J connectivity index is 2.19. The molecule has 4 nitrogen and oxygen atoms in total. The molecule has 0 radical (unpaired) electrons. The van der Waals surface area contributed by atoms with Gasteiger partial charge in [-0.2, -0.15) is 0 Å². The first kappa shape index (κ1) is 14.7. The zero-order valence-electron chi connectivity index (χ0n) is 12.3.